The molecular weight excluding hydrogens is 371 g/mol. The van der Waals surface area contributed by atoms with E-state index in [1.165, 1.54) is 83.5 Å². The van der Waals surface area contributed by atoms with Crippen LogP contribution in [0.25, 0.3) is 0 Å². The van der Waals surface area contributed by atoms with Gasteiger partial charge < -0.3 is 29.6 Å². The van der Waals surface area contributed by atoms with E-state index in [0.717, 1.165) is 6.42 Å². The van der Waals surface area contributed by atoms with Crippen molar-refractivity contribution in [2.24, 2.45) is 0 Å². The molecule has 1 atom stereocenters. The molecule has 0 saturated heterocycles. The lowest BCUT2D eigenvalue weighted by Gasteiger charge is -2.08. The summed E-state index contributed by atoms with van der Waals surface area (Å²) in [7, 11) is -4.64. The zero-order chi connectivity index (χ0) is 20.8. The van der Waals surface area contributed by atoms with E-state index in [1.807, 2.05) is 0 Å². The third-order valence-electron chi connectivity index (χ3n) is 4.16. The molecule has 0 bridgehead atoms. The van der Waals surface area contributed by atoms with Crippen LogP contribution >= 0.6 is 7.82 Å². The highest BCUT2D eigenvalue weighted by Crippen LogP contribution is 2.25. The van der Waals surface area contributed by atoms with Gasteiger partial charge in [0.05, 0.1) is 13.2 Å². The molecule has 27 heavy (non-hydrogen) atoms. The second-order valence-electron chi connectivity index (χ2n) is 7.02. The number of hydrogen-bond donors (Lipinski definition) is 5. The number of ether oxygens (including phenoxy) is 1. The lowest BCUT2D eigenvalue weighted by atomic mass is 10.0. The van der Waals surface area contributed by atoms with Crippen molar-refractivity contribution in [3.05, 3.63) is 0 Å². The molecule has 7 nitrogen and oxygen atoms in total. The van der Waals surface area contributed by atoms with Crippen molar-refractivity contribution in [3.8, 4) is 0 Å². The molecule has 0 aromatic rings. The van der Waals surface area contributed by atoms with Crippen LogP contribution in [0.3, 0.4) is 0 Å². The first-order chi connectivity index (χ1) is 12.8. The van der Waals surface area contributed by atoms with Crippen LogP contribution in [0, 0.1) is 0 Å². The summed E-state index contributed by atoms with van der Waals surface area (Å²) >= 11 is 0. The van der Waals surface area contributed by atoms with Gasteiger partial charge in [0, 0.05) is 6.61 Å². The molecule has 0 amide bonds. The average molecular weight is 415 g/mol. The van der Waals surface area contributed by atoms with E-state index in [-0.39, 0.29) is 13.2 Å². The number of aliphatic hydroxyl groups is 2. The minimum Gasteiger partial charge on any atom is -0.394 e. The summed E-state index contributed by atoms with van der Waals surface area (Å²) in [6, 6.07) is 0. The minimum absolute atomic E-state index is 0.210. The predicted molar refractivity (Wildman–Crippen MR) is 108 cm³/mol. The molecule has 0 spiro atoms. The maximum Gasteiger partial charge on any atom is 0.466 e. The summed E-state index contributed by atoms with van der Waals surface area (Å²) in [5.74, 6) is 0. The third kappa shape index (κ3) is 37.4. The largest absolute Gasteiger partial charge is 0.466 e. The van der Waals surface area contributed by atoms with Crippen LogP contribution in [0.4, 0.5) is 0 Å². The van der Waals surface area contributed by atoms with Crippen LogP contribution in [0.5, 0.6) is 0 Å². The van der Waals surface area contributed by atoms with Gasteiger partial charge in [0.25, 0.3) is 0 Å². The van der Waals surface area contributed by atoms with Gasteiger partial charge in [0.2, 0.25) is 0 Å². The highest BCUT2D eigenvalue weighted by Gasteiger charge is 2.01. The Morgan fingerprint density at radius 2 is 1.07 bits per heavy atom. The minimum atomic E-state index is -4.64. The van der Waals surface area contributed by atoms with Gasteiger partial charge in [-0.15, -0.1) is 0 Å². The molecule has 8 heteroatoms. The maximum absolute atomic E-state index is 9.10. The van der Waals surface area contributed by atoms with Gasteiger partial charge >= 0.3 is 7.82 Å². The second-order valence-corrected chi connectivity index (χ2v) is 8.05. The summed E-state index contributed by atoms with van der Waals surface area (Å²) in [5, 5.41) is 17.7. The first-order valence-electron chi connectivity index (χ1n) is 10.5. The van der Waals surface area contributed by atoms with E-state index in [4.69, 9.17) is 34.2 Å². The first kappa shape index (κ1) is 29.2. The highest BCUT2D eigenvalue weighted by atomic mass is 31.2. The molecule has 0 aliphatic heterocycles. The monoisotopic (exact) mass is 414 g/mol. The van der Waals surface area contributed by atoms with Gasteiger partial charge in [0.1, 0.15) is 6.10 Å². The Kier molecular flexibility index (Phi) is 24.1. The van der Waals surface area contributed by atoms with E-state index >= 15 is 0 Å². The number of unbranched alkanes of at least 4 members (excludes halogenated alkanes) is 13. The molecule has 0 heterocycles. The van der Waals surface area contributed by atoms with Crippen molar-refractivity contribution < 1.29 is 34.2 Å². The van der Waals surface area contributed by atoms with Gasteiger partial charge in [-0.25, -0.2) is 4.57 Å². The summed E-state index contributed by atoms with van der Waals surface area (Å²) in [5.41, 5.74) is 0. The van der Waals surface area contributed by atoms with Gasteiger partial charge in [-0.05, 0) is 6.42 Å². The summed E-state index contributed by atoms with van der Waals surface area (Å²) in [6.07, 6.45) is 18.3. The van der Waals surface area contributed by atoms with Crippen LogP contribution in [0.15, 0.2) is 0 Å². The number of hydrogen-bond acceptors (Lipinski definition) is 4. The lowest BCUT2D eigenvalue weighted by Crippen LogP contribution is -2.19. The van der Waals surface area contributed by atoms with Crippen molar-refractivity contribution in [3.63, 3.8) is 0 Å². The maximum atomic E-state index is 9.10. The van der Waals surface area contributed by atoms with Gasteiger partial charge in [-0.2, -0.15) is 0 Å². The third-order valence-corrected chi connectivity index (χ3v) is 4.16. The Balaban J connectivity index is 0. The van der Waals surface area contributed by atoms with Crippen molar-refractivity contribution in [2.45, 2.75) is 103 Å². The SMILES string of the molecule is CCCCCCCCCCCCCCCCOC[C@H](O)CO.O=P(O)(O)O. The molecule has 166 valence electrons. The Labute approximate surface area is 165 Å². The molecule has 0 saturated carbocycles. The fourth-order valence-corrected chi connectivity index (χ4v) is 2.67. The van der Waals surface area contributed by atoms with Crippen LogP contribution < -0.4 is 0 Å². The molecule has 0 rings (SSSR count). The van der Waals surface area contributed by atoms with Crippen molar-refractivity contribution >= 4 is 7.82 Å². The molecular formula is C19H43O7P. The first-order valence-corrected chi connectivity index (χ1v) is 12.0. The highest BCUT2D eigenvalue weighted by molar-refractivity contribution is 7.45. The zero-order valence-corrected chi connectivity index (χ0v) is 18.0. The Morgan fingerprint density at radius 1 is 0.741 bits per heavy atom. The zero-order valence-electron chi connectivity index (χ0n) is 17.1. The molecule has 0 aliphatic rings. The van der Waals surface area contributed by atoms with E-state index < -0.39 is 13.9 Å². The molecule has 5 N–H and O–H groups in total. The quantitative estimate of drug-likeness (QED) is 0.170. The van der Waals surface area contributed by atoms with Gasteiger partial charge in [-0.3, -0.25) is 0 Å². The van der Waals surface area contributed by atoms with Crippen molar-refractivity contribution in [1.29, 1.82) is 0 Å². The molecule has 0 aliphatic carbocycles. The fraction of sp³-hybridized carbons (Fsp3) is 1.00. The Hall–Kier alpha value is -0.0100. The molecule has 0 unspecified atom stereocenters. The second kappa shape index (κ2) is 22.3. The van der Waals surface area contributed by atoms with Crippen molar-refractivity contribution in [2.75, 3.05) is 19.8 Å². The van der Waals surface area contributed by atoms with E-state index in [1.54, 1.807) is 0 Å². The van der Waals surface area contributed by atoms with Gasteiger partial charge in [-0.1, -0.05) is 90.4 Å². The predicted octanol–water partition coefficient (Wildman–Crippen LogP) is 3.91. The van der Waals surface area contributed by atoms with Gasteiger partial charge in [0.15, 0.2) is 0 Å². The Morgan fingerprint density at radius 3 is 1.41 bits per heavy atom. The Bertz CT molecular complexity index is 315. The fourth-order valence-electron chi connectivity index (χ4n) is 2.67. The van der Waals surface area contributed by atoms with E-state index in [2.05, 4.69) is 6.92 Å². The normalized spacial score (nSPS) is 12.5. The van der Waals surface area contributed by atoms with E-state index in [9.17, 15) is 0 Å². The van der Waals surface area contributed by atoms with Crippen LogP contribution in [-0.4, -0.2) is 50.8 Å². The molecule has 0 aromatic heterocycles. The summed E-state index contributed by atoms with van der Waals surface area (Å²) in [4.78, 5) is 21.6. The smallest absolute Gasteiger partial charge is 0.394 e. The number of rotatable bonds is 18. The molecule has 0 aromatic carbocycles. The average Bonchev–Trinajstić information content (AvgIpc) is 2.59. The van der Waals surface area contributed by atoms with Crippen LogP contribution in [0.1, 0.15) is 96.8 Å². The van der Waals surface area contributed by atoms with Crippen molar-refractivity contribution in [1.82, 2.24) is 0 Å². The van der Waals surface area contributed by atoms with Crippen LogP contribution in [-0.2, 0) is 9.30 Å². The lowest BCUT2D eigenvalue weighted by molar-refractivity contribution is 0.00526. The topological polar surface area (TPSA) is 127 Å². The van der Waals surface area contributed by atoms with Crippen LogP contribution in [0.2, 0.25) is 0 Å². The standard InChI is InChI=1S/C19H40O3.H3O4P/c1-2-3-4-5-6-7-8-9-10-11-12-13-14-15-16-22-18-19(21)17-20;1-5(2,3)4/h19-21H,2-18H2,1H3;(H3,1,2,3,4)/t19-;/m1./s1. The molecule has 0 radical (unpaired) electrons. The molecule has 0 fully saturated rings. The summed E-state index contributed by atoms with van der Waals surface area (Å²) in [6.45, 7) is 3.03. The van der Waals surface area contributed by atoms with E-state index in [0.29, 0.717) is 6.61 Å². The summed E-state index contributed by atoms with van der Waals surface area (Å²) < 4.78 is 14.2. The number of phosphoric acid groups is 1. The number of aliphatic hydroxyl groups excluding tert-OH is 2.